The van der Waals surface area contributed by atoms with Gasteiger partial charge in [-0.25, -0.2) is 0 Å². The number of aliphatic hydroxyl groups is 1. The van der Waals surface area contributed by atoms with Crippen LogP contribution in [0, 0.1) is 6.92 Å². The van der Waals surface area contributed by atoms with Crippen LogP contribution in [0.3, 0.4) is 0 Å². The van der Waals surface area contributed by atoms with Gasteiger partial charge in [-0.15, -0.1) is 0 Å². The third kappa shape index (κ3) is 2.34. The van der Waals surface area contributed by atoms with Crippen molar-refractivity contribution >= 4 is 17.4 Å². The van der Waals surface area contributed by atoms with E-state index in [9.17, 15) is 9.90 Å². The number of carbonyl (C=O) groups is 1. The van der Waals surface area contributed by atoms with Crippen LogP contribution < -0.4 is 4.74 Å². The smallest absolute Gasteiger partial charge is 0.165 e. The number of Topliss-reactive ketones (excluding diaryl/α,β-unsaturated/α-hetero) is 1. The third-order valence-corrected chi connectivity index (χ3v) is 3.99. The first-order valence-corrected chi connectivity index (χ1v) is 7.18. The van der Waals surface area contributed by atoms with E-state index in [0.29, 0.717) is 22.8 Å². The Bertz CT molecular complexity index is 703. The SMILES string of the molecule is CC(=O)c1c2c(n(-c3ccc(Cl)cc3)c1C)C[C@H](O)CO2. The van der Waals surface area contributed by atoms with Gasteiger partial charge in [-0.3, -0.25) is 4.79 Å². The maximum Gasteiger partial charge on any atom is 0.165 e. The molecule has 0 radical (unpaired) electrons. The van der Waals surface area contributed by atoms with Crippen molar-refractivity contribution in [3.8, 4) is 11.4 Å². The monoisotopic (exact) mass is 305 g/mol. The summed E-state index contributed by atoms with van der Waals surface area (Å²) in [6.07, 6.45) is -0.0934. The molecule has 4 nitrogen and oxygen atoms in total. The Morgan fingerprint density at radius 2 is 2.05 bits per heavy atom. The lowest BCUT2D eigenvalue weighted by Gasteiger charge is -2.21. The molecule has 1 aromatic carbocycles. The number of aromatic nitrogens is 1. The zero-order valence-corrected chi connectivity index (χ0v) is 12.6. The number of carbonyl (C=O) groups excluding carboxylic acids is 1. The van der Waals surface area contributed by atoms with E-state index in [2.05, 4.69) is 0 Å². The topological polar surface area (TPSA) is 51.5 Å². The van der Waals surface area contributed by atoms with E-state index >= 15 is 0 Å². The van der Waals surface area contributed by atoms with Crippen LogP contribution in [0.5, 0.6) is 5.75 Å². The lowest BCUT2D eigenvalue weighted by molar-refractivity contribution is 0.0877. The van der Waals surface area contributed by atoms with E-state index in [4.69, 9.17) is 16.3 Å². The van der Waals surface area contributed by atoms with Gasteiger partial charge in [0, 0.05) is 22.8 Å². The van der Waals surface area contributed by atoms with Gasteiger partial charge in [-0.05, 0) is 38.1 Å². The number of aliphatic hydroxyl groups excluding tert-OH is 1. The van der Waals surface area contributed by atoms with E-state index in [1.165, 1.54) is 6.92 Å². The molecule has 1 aromatic heterocycles. The maximum absolute atomic E-state index is 11.9. The van der Waals surface area contributed by atoms with Crippen LogP contribution in [0.4, 0.5) is 0 Å². The van der Waals surface area contributed by atoms with E-state index in [1.807, 2.05) is 23.6 Å². The Balaban J connectivity index is 2.24. The Kier molecular flexibility index (Phi) is 3.51. The Hall–Kier alpha value is -1.78. The number of benzene rings is 1. The summed E-state index contributed by atoms with van der Waals surface area (Å²) in [4.78, 5) is 11.9. The van der Waals surface area contributed by atoms with Crippen molar-refractivity contribution in [3.63, 3.8) is 0 Å². The lowest BCUT2D eigenvalue weighted by atomic mass is 10.1. The molecule has 3 rings (SSSR count). The molecule has 2 aromatic rings. The minimum Gasteiger partial charge on any atom is -0.488 e. The highest BCUT2D eigenvalue weighted by molar-refractivity contribution is 6.30. The second-order valence-electron chi connectivity index (χ2n) is 5.27. The van der Waals surface area contributed by atoms with Gasteiger partial charge in [0.25, 0.3) is 0 Å². The predicted octanol–water partition coefficient (Wildman–Crippen LogP) is 2.94. The number of halogens is 1. The summed E-state index contributed by atoms with van der Waals surface area (Å²) in [5.74, 6) is 0.563. The number of hydrogen-bond donors (Lipinski definition) is 1. The molecule has 0 bridgehead atoms. The molecule has 1 N–H and O–H groups in total. The standard InChI is InChI=1S/C16H16ClNO3/c1-9-15(10(2)19)16-14(7-13(20)8-21-16)18(9)12-5-3-11(17)4-6-12/h3-6,13,20H,7-8H2,1-2H3/t13-/m0/s1. The number of hydrogen-bond acceptors (Lipinski definition) is 3. The van der Waals surface area contributed by atoms with E-state index in [-0.39, 0.29) is 12.4 Å². The third-order valence-electron chi connectivity index (χ3n) is 3.74. The van der Waals surface area contributed by atoms with Gasteiger partial charge in [0.2, 0.25) is 0 Å². The highest BCUT2D eigenvalue weighted by Crippen LogP contribution is 2.37. The van der Waals surface area contributed by atoms with E-state index < -0.39 is 6.10 Å². The van der Waals surface area contributed by atoms with Gasteiger partial charge in [-0.2, -0.15) is 0 Å². The average molecular weight is 306 g/mol. The average Bonchev–Trinajstić information content (AvgIpc) is 2.71. The maximum atomic E-state index is 11.9. The van der Waals surface area contributed by atoms with Crippen LogP contribution in [-0.4, -0.2) is 28.2 Å². The summed E-state index contributed by atoms with van der Waals surface area (Å²) in [6, 6.07) is 7.38. The number of ketones is 1. The minimum absolute atomic E-state index is 0.0344. The summed E-state index contributed by atoms with van der Waals surface area (Å²) < 4.78 is 7.58. The Morgan fingerprint density at radius 3 is 2.67 bits per heavy atom. The normalized spacial score (nSPS) is 17.2. The molecule has 0 unspecified atom stereocenters. The van der Waals surface area contributed by atoms with Gasteiger partial charge in [0.15, 0.2) is 11.5 Å². The minimum atomic E-state index is -0.558. The van der Waals surface area contributed by atoms with Crippen LogP contribution in [0.15, 0.2) is 24.3 Å². The molecule has 21 heavy (non-hydrogen) atoms. The van der Waals surface area contributed by atoms with Crippen molar-refractivity contribution in [2.45, 2.75) is 26.4 Å². The molecule has 1 atom stereocenters. The Labute approximate surface area is 127 Å². The number of ether oxygens (including phenoxy) is 1. The number of nitrogens with zero attached hydrogens (tertiary/aromatic N) is 1. The highest BCUT2D eigenvalue weighted by Gasteiger charge is 2.30. The van der Waals surface area contributed by atoms with Crippen molar-refractivity contribution in [2.75, 3.05) is 6.61 Å². The van der Waals surface area contributed by atoms with Crippen LogP contribution in [0.2, 0.25) is 5.02 Å². The number of rotatable bonds is 2. The zero-order valence-electron chi connectivity index (χ0n) is 11.9. The fourth-order valence-electron chi connectivity index (χ4n) is 2.88. The molecule has 0 saturated carbocycles. The van der Waals surface area contributed by atoms with Crippen LogP contribution >= 0.6 is 11.6 Å². The number of fused-ring (bicyclic) bond motifs is 1. The summed E-state index contributed by atoms with van der Waals surface area (Å²) in [7, 11) is 0. The second kappa shape index (κ2) is 5.20. The van der Waals surface area contributed by atoms with Gasteiger partial charge < -0.3 is 14.4 Å². The van der Waals surface area contributed by atoms with Gasteiger partial charge in [0.1, 0.15) is 6.61 Å². The molecular weight excluding hydrogens is 290 g/mol. The van der Waals surface area contributed by atoms with Crippen molar-refractivity contribution in [1.82, 2.24) is 4.57 Å². The molecule has 0 saturated heterocycles. The quantitative estimate of drug-likeness (QED) is 0.868. The van der Waals surface area contributed by atoms with Gasteiger partial charge in [0.05, 0.1) is 17.4 Å². The molecule has 0 aliphatic carbocycles. The predicted molar refractivity (Wildman–Crippen MR) is 80.7 cm³/mol. The first kappa shape index (κ1) is 14.2. The Morgan fingerprint density at radius 1 is 1.38 bits per heavy atom. The van der Waals surface area contributed by atoms with Crippen LogP contribution in [-0.2, 0) is 6.42 Å². The first-order chi connectivity index (χ1) is 9.99. The molecule has 0 spiro atoms. The zero-order chi connectivity index (χ0) is 15.1. The van der Waals surface area contributed by atoms with Gasteiger partial charge in [-0.1, -0.05) is 11.6 Å². The fraction of sp³-hybridized carbons (Fsp3) is 0.312. The highest BCUT2D eigenvalue weighted by atomic mass is 35.5. The first-order valence-electron chi connectivity index (χ1n) is 6.81. The van der Waals surface area contributed by atoms with Crippen molar-refractivity contribution < 1.29 is 14.6 Å². The van der Waals surface area contributed by atoms with E-state index in [1.54, 1.807) is 12.1 Å². The summed E-state index contributed by atoms with van der Waals surface area (Å²) in [5.41, 5.74) is 3.15. The van der Waals surface area contributed by atoms with Crippen molar-refractivity contribution in [3.05, 3.63) is 46.2 Å². The van der Waals surface area contributed by atoms with Crippen LogP contribution in [0.1, 0.15) is 28.7 Å². The van der Waals surface area contributed by atoms with Crippen molar-refractivity contribution in [2.24, 2.45) is 0 Å². The molecule has 110 valence electrons. The molecule has 5 heteroatoms. The summed E-state index contributed by atoms with van der Waals surface area (Å²) in [5, 5.41) is 10.5. The van der Waals surface area contributed by atoms with Crippen LogP contribution in [0.25, 0.3) is 5.69 Å². The molecule has 1 aliphatic heterocycles. The molecular formula is C16H16ClNO3. The van der Waals surface area contributed by atoms with E-state index in [0.717, 1.165) is 17.1 Å². The second-order valence-corrected chi connectivity index (χ2v) is 5.71. The molecule has 1 aliphatic rings. The lowest BCUT2D eigenvalue weighted by Crippen LogP contribution is -2.26. The molecule has 0 fully saturated rings. The molecule has 0 amide bonds. The summed E-state index contributed by atoms with van der Waals surface area (Å²) in [6.45, 7) is 3.64. The largest absolute Gasteiger partial charge is 0.488 e. The molecule has 2 heterocycles. The van der Waals surface area contributed by atoms with Crippen molar-refractivity contribution in [1.29, 1.82) is 0 Å². The van der Waals surface area contributed by atoms with Gasteiger partial charge >= 0.3 is 0 Å². The summed E-state index contributed by atoms with van der Waals surface area (Å²) >= 11 is 5.93. The fourth-order valence-corrected chi connectivity index (χ4v) is 3.01.